The van der Waals surface area contributed by atoms with Crippen molar-refractivity contribution < 1.29 is 17.9 Å². The zero-order valence-corrected chi connectivity index (χ0v) is 16.1. The summed E-state index contributed by atoms with van der Waals surface area (Å²) in [6, 6.07) is 8.43. The Kier molecular flexibility index (Phi) is 5.50. The summed E-state index contributed by atoms with van der Waals surface area (Å²) < 4.78 is 33.2. The van der Waals surface area contributed by atoms with Crippen LogP contribution in [0.4, 0.5) is 11.5 Å². The molecule has 8 nitrogen and oxygen atoms in total. The minimum Gasteiger partial charge on any atom is -0.495 e. The van der Waals surface area contributed by atoms with Gasteiger partial charge in [0.15, 0.2) is 0 Å². The highest BCUT2D eigenvalue weighted by Crippen LogP contribution is 2.27. The highest BCUT2D eigenvalue weighted by molar-refractivity contribution is 7.92. The molecule has 9 heteroatoms. The van der Waals surface area contributed by atoms with Crippen LogP contribution in [0.2, 0.25) is 0 Å². The lowest BCUT2D eigenvalue weighted by atomic mass is 10.2. The van der Waals surface area contributed by atoms with Crippen LogP contribution in [0.15, 0.2) is 41.4 Å². The maximum atomic E-state index is 12.7. The summed E-state index contributed by atoms with van der Waals surface area (Å²) >= 11 is 0. The molecule has 1 saturated heterocycles. The Morgan fingerprint density at radius 3 is 2.48 bits per heavy atom. The Balaban J connectivity index is 1.75. The molecule has 1 aliphatic rings. The SMILES string of the molecule is COc1ccc(C)cc1S(=O)(=O)Nc1ccc(N2CCN(C=O)CC2)nc1. The molecule has 27 heavy (non-hydrogen) atoms. The predicted octanol–water partition coefficient (Wildman–Crippen LogP) is 1.48. The molecule has 2 aromatic rings. The van der Waals surface area contributed by atoms with Gasteiger partial charge in [-0.1, -0.05) is 6.07 Å². The number of nitrogens with one attached hydrogen (secondary N) is 1. The van der Waals surface area contributed by atoms with E-state index in [-0.39, 0.29) is 10.6 Å². The van der Waals surface area contributed by atoms with Gasteiger partial charge < -0.3 is 14.5 Å². The van der Waals surface area contributed by atoms with E-state index in [0.29, 0.717) is 31.9 Å². The molecule has 1 aliphatic heterocycles. The van der Waals surface area contributed by atoms with E-state index in [1.807, 2.05) is 6.92 Å². The molecule has 0 bridgehead atoms. The lowest BCUT2D eigenvalue weighted by molar-refractivity contribution is -0.118. The summed E-state index contributed by atoms with van der Waals surface area (Å²) in [7, 11) is -2.37. The summed E-state index contributed by atoms with van der Waals surface area (Å²) in [5.74, 6) is 1.03. The second-order valence-electron chi connectivity index (χ2n) is 6.29. The summed E-state index contributed by atoms with van der Waals surface area (Å²) in [5.41, 5.74) is 1.19. The number of hydrogen-bond acceptors (Lipinski definition) is 6. The van der Waals surface area contributed by atoms with Crippen molar-refractivity contribution in [1.29, 1.82) is 0 Å². The van der Waals surface area contributed by atoms with Gasteiger partial charge in [0.1, 0.15) is 16.5 Å². The molecular weight excluding hydrogens is 368 g/mol. The van der Waals surface area contributed by atoms with E-state index < -0.39 is 10.0 Å². The number of benzene rings is 1. The Morgan fingerprint density at radius 1 is 1.15 bits per heavy atom. The molecule has 1 aromatic heterocycles. The third kappa shape index (κ3) is 4.30. The van der Waals surface area contributed by atoms with Crippen LogP contribution in [0.25, 0.3) is 0 Å². The van der Waals surface area contributed by atoms with E-state index >= 15 is 0 Å². The first kappa shape index (κ1) is 19.0. The monoisotopic (exact) mass is 390 g/mol. The lowest BCUT2D eigenvalue weighted by Crippen LogP contribution is -2.46. The smallest absolute Gasteiger partial charge is 0.265 e. The molecular formula is C18H22N4O4S. The minimum atomic E-state index is -3.80. The van der Waals surface area contributed by atoms with Crippen LogP contribution in [-0.2, 0) is 14.8 Å². The Bertz CT molecular complexity index is 907. The predicted molar refractivity (Wildman–Crippen MR) is 103 cm³/mol. The highest BCUT2D eigenvalue weighted by atomic mass is 32.2. The van der Waals surface area contributed by atoms with Crippen molar-refractivity contribution in [3.8, 4) is 5.75 Å². The van der Waals surface area contributed by atoms with Crippen LogP contribution >= 0.6 is 0 Å². The fourth-order valence-electron chi connectivity index (χ4n) is 2.89. The molecule has 1 N–H and O–H groups in total. The average Bonchev–Trinajstić information content (AvgIpc) is 2.68. The number of rotatable bonds is 6. The van der Waals surface area contributed by atoms with Crippen LogP contribution < -0.4 is 14.4 Å². The van der Waals surface area contributed by atoms with Crippen molar-refractivity contribution in [2.45, 2.75) is 11.8 Å². The molecule has 2 heterocycles. The van der Waals surface area contributed by atoms with Gasteiger partial charge >= 0.3 is 0 Å². The average molecular weight is 390 g/mol. The number of methoxy groups -OCH3 is 1. The maximum absolute atomic E-state index is 12.7. The molecule has 1 amide bonds. The van der Waals surface area contributed by atoms with Crippen molar-refractivity contribution >= 4 is 27.9 Å². The van der Waals surface area contributed by atoms with Gasteiger partial charge in [0.2, 0.25) is 6.41 Å². The Morgan fingerprint density at radius 2 is 1.89 bits per heavy atom. The number of sulfonamides is 1. The van der Waals surface area contributed by atoms with Crippen LogP contribution in [0.5, 0.6) is 5.75 Å². The van der Waals surface area contributed by atoms with Crippen LogP contribution in [0, 0.1) is 6.92 Å². The first-order chi connectivity index (χ1) is 12.9. The number of aryl methyl sites for hydroxylation is 1. The normalized spacial score (nSPS) is 14.7. The Labute approximate surface area is 158 Å². The molecule has 0 aliphatic carbocycles. The number of amides is 1. The van der Waals surface area contributed by atoms with Gasteiger partial charge in [-0.25, -0.2) is 13.4 Å². The molecule has 144 valence electrons. The second kappa shape index (κ2) is 7.83. The van der Waals surface area contributed by atoms with Gasteiger partial charge in [0.05, 0.1) is 19.0 Å². The molecule has 1 aromatic carbocycles. The molecule has 1 fully saturated rings. The molecule has 3 rings (SSSR count). The van der Waals surface area contributed by atoms with Crippen molar-refractivity contribution in [3.05, 3.63) is 42.1 Å². The zero-order valence-electron chi connectivity index (χ0n) is 15.3. The number of piperazine rings is 1. The number of aromatic nitrogens is 1. The zero-order chi connectivity index (χ0) is 19.4. The lowest BCUT2D eigenvalue weighted by Gasteiger charge is -2.33. The summed E-state index contributed by atoms with van der Waals surface area (Å²) in [6.07, 6.45) is 2.34. The molecule has 0 radical (unpaired) electrons. The fraction of sp³-hybridized carbons (Fsp3) is 0.333. The molecule has 0 atom stereocenters. The third-order valence-electron chi connectivity index (χ3n) is 4.40. The largest absolute Gasteiger partial charge is 0.495 e. The first-order valence-electron chi connectivity index (χ1n) is 8.51. The van der Waals surface area contributed by atoms with E-state index in [4.69, 9.17) is 4.74 Å². The fourth-order valence-corrected chi connectivity index (χ4v) is 4.19. The third-order valence-corrected chi connectivity index (χ3v) is 5.80. The molecule has 0 saturated carbocycles. The van der Waals surface area contributed by atoms with Crippen LogP contribution in [0.3, 0.4) is 0 Å². The van der Waals surface area contributed by atoms with Crippen molar-refractivity contribution in [1.82, 2.24) is 9.88 Å². The van der Waals surface area contributed by atoms with Crippen molar-refractivity contribution in [3.63, 3.8) is 0 Å². The number of anilines is 2. The van der Waals surface area contributed by atoms with Gasteiger partial charge in [-0.05, 0) is 36.8 Å². The maximum Gasteiger partial charge on any atom is 0.265 e. The number of pyridine rings is 1. The van der Waals surface area contributed by atoms with Crippen molar-refractivity contribution in [2.75, 3.05) is 42.9 Å². The van der Waals surface area contributed by atoms with E-state index in [9.17, 15) is 13.2 Å². The van der Waals surface area contributed by atoms with Gasteiger partial charge in [-0.2, -0.15) is 0 Å². The van der Waals surface area contributed by atoms with Crippen molar-refractivity contribution in [2.24, 2.45) is 0 Å². The second-order valence-corrected chi connectivity index (χ2v) is 7.94. The van der Waals surface area contributed by atoms with Gasteiger partial charge in [-0.3, -0.25) is 9.52 Å². The quantitative estimate of drug-likeness (QED) is 0.751. The van der Waals surface area contributed by atoms with E-state index in [1.165, 1.54) is 13.3 Å². The first-order valence-corrected chi connectivity index (χ1v) is 9.99. The number of ether oxygens (including phenoxy) is 1. The number of nitrogens with zero attached hydrogens (tertiary/aromatic N) is 3. The minimum absolute atomic E-state index is 0.0825. The summed E-state index contributed by atoms with van der Waals surface area (Å²) in [6.45, 7) is 4.49. The van der Waals surface area contributed by atoms with Gasteiger partial charge in [0, 0.05) is 26.2 Å². The topological polar surface area (TPSA) is 91.8 Å². The van der Waals surface area contributed by atoms with Gasteiger partial charge in [0.25, 0.3) is 10.0 Å². The number of carbonyl (C=O) groups excluding carboxylic acids is 1. The van der Waals surface area contributed by atoms with E-state index in [1.54, 1.807) is 35.2 Å². The highest BCUT2D eigenvalue weighted by Gasteiger charge is 2.21. The Hall–Kier alpha value is -2.81. The van der Waals surface area contributed by atoms with Crippen LogP contribution in [0.1, 0.15) is 5.56 Å². The van der Waals surface area contributed by atoms with E-state index in [0.717, 1.165) is 17.8 Å². The summed E-state index contributed by atoms with van der Waals surface area (Å²) in [4.78, 5) is 19.0. The van der Waals surface area contributed by atoms with Crippen LogP contribution in [-0.4, -0.2) is 58.0 Å². The van der Waals surface area contributed by atoms with E-state index in [2.05, 4.69) is 14.6 Å². The number of carbonyl (C=O) groups is 1. The number of hydrogen-bond donors (Lipinski definition) is 1. The molecule has 0 spiro atoms. The van der Waals surface area contributed by atoms with Gasteiger partial charge in [-0.15, -0.1) is 0 Å². The summed E-state index contributed by atoms with van der Waals surface area (Å²) in [5, 5.41) is 0. The standard InChI is InChI=1S/C18H22N4O4S/c1-14-3-5-16(26-2)17(11-14)27(24,25)20-15-4-6-18(19-12-15)22-9-7-21(13-23)8-10-22/h3-6,11-13,20H,7-10H2,1-2H3. The molecule has 0 unspecified atom stereocenters.